The molecule has 0 atom stereocenters. The van der Waals surface area contributed by atoms with Crippen LogP contribution in [-0.4, -0.2) is 12.1 Å². The maximum Gasteiger partial charge on any atom is 0.213 e. The first-order valence-corrected chi connectivity index (χ1v) is 3.77. The van der Waals surface area contributed by atoms with E-state index in [9.17, 15) is 0 Å². The molecule has 0 saturated heterocycles. The van der Waals surface area contributed by atoms with Gasteiger partial charge in [-0.05, 0) is 25.0 Å². The number of aromatic nitrogens is 1. The van der Waals surface area contributed by atoms with Gasteiger partial charge in [0.25, 0.3) is 0 Å². The Morgan fingerprint density at radius 2 is 2.18 bits per heavy atom. The van der Waals surface area contributed by atoms with Crippen molar-refractivity contribution in [2.45, 2.75) is 20.3 Å². The van der Waals surface area contributed by atoms with E-state index < -0.39 is 0 Å². The first-order chi connectivity index (χ1) is 5.26. The number of nitrogens with zero attached hydrogens (tertiary/aromatic N) is 1. The molecular formula is C9H13NO. The number of hydrogen-bond acceptors (Lipinski definition) is 2. The molecule has 0 aliphatic heterocycles. The van der Waals surface area contributed by atoms with Gasteiger partial charge in [-0.2, -0.15) is 0 Å². The first-order valence-electron chi connectivity index (χ1n) is 3.77. The lowest BCUT2D eigenvalue weighted by Crippen LogP contribution is -1.92. The standard InChI is InChI=1S/C9H13NO/c1-4-8-5-7(2)10-9(6-8)11-3/h5-6H,4H2,1-3H3. The van der Waals surface area contributed by atoms with Gasteiger partial charge >= 0.3 is 0 Å². The molecule has 2 heteroatoms. The normalized spacial score (nSPS) is 9.73. The SMILES string of the molecule is CCc1cc(C)nc(OC)c1. The van der Waals surface area contributed by atoms with Crippen molar-refractivity contribution in [2.24, 2.45) is 0 Å². The van der Waals surface area contributed by atoms with Gasteiger partial charge in [0.15, 0.2) is 0 Å². The van der Waals surface area contributed by atoms with Gasteiger partial charge in [0.1, 0.15) is 0 Å². The summed E-state index contributed by atoms with van der Waals surface area (Å²) < 4.78 is 5.03. The molecule has 0 aliphatic carbocycles. The molecule has 1 heterocycles. The van der Waals surface area contributed by atoms with Gasteiger partial charge in [-0.1, -0.05) is 6.92 Å². The van der Waals surface area contributed by atoms with Crippen LogP contribution in [-0.2, 0) is 6.42 Å². The number of rotatable bonds is 2. The topological polar surface area (TPSA) is 22.1 Å². The molecule has 0 amide bonds. The summed E-state index contributed by atoms with van der Waals surface area (Å²) in [5.41, 5.74) is 2.29. The third-order valence-electron chi connectivity index (χ3n) is 1.61. The predicted octanol–water partition coefficient (Wildman–Crippen LogP) is 1.96. The van der Waals surface area contributed by atoms with E-state index in [1.54, 1.807) is 7.11 Å². The van der Waals surface area contributed by atoms with E-state index in [1.807, 2.05) is 13.0 Å². The number of pyridine rings is 1. The Morgan fingerprint density at radius 3 is 2.73 bits per heavy atom. The molecule has 11 heavy (non-hydrogen) atoms. The number of aryl methyl sites for hydroxylation is 2. The third kappa shape index (κ3) is 1.93. The fourth-order valence-corrected chi connectivity index (χ4v) is 1.02. The quantitative estimate of drug-likeness (QED) is 0.644. The molecule has 0 N–H and O–H groups in total. The molecule has 1 rings (SSSR count). The van der Waals surface area contributed by atoms with Gasteiger partial charge in [-0.25, -0.2) is 4.98 Å². The maximum absolute atomic E-state index is 5.03. The minimum atomic E-state index is 0.710. The number of hydrogen-bond donors (Lipinski definition) is 0. The van der Waals surface area contributed by atoms with Gasteiger partial charge in [0, 0.05) is 11.8 Å². The Balaban J connectivity index is 3.02. The van der Waals surface area contributed by atoms with E-state index in [4.69, 9.17) is 4.74 Å². The van der Waals surface area contributed by atoms with Crippen LogP contribution in [0.2, 0.25) is 0 Å². The molecule has 0 fully saturated rings. The second-order valence-electron chi connectivity index (χ2n) is 2.51. The van der Waals surface area contributed by atoms with Crippen molar-refractivity contribution >= 4 is 0 Å². The van der Waals surface area contributed by atoms with Crippen LogP contribution in [0.25, 0.3) is 0 Å². The van der Waals surface area contributed by atoms with Gasteiger partial charge in [0.2, 0.25) is 5.88 Å². The summed E-state index contributed by atoms with van der Waals surface area (Å²) in [4.78, 5) is 4.18. The summed E-state index contributed by atoms with van der Waals surface area (Å²) in [6, 6.07) is 4.04. The van der Waals surface area contributed by atoms with E-state index >= 15 is 0 Å². The van der Waals surface area contributed by atoms with Crippen molar-refractivity contribution in [3.05, 3.63) is 23.4 Å². The van der Waals surface area contributed by atoms with Crippen LogP contribution in [0.5, 0.6) is 5.88 Å². The fourth-order valence-electron chi connectivity index (χ4n) is 1.02. The van der Waals surface area contributed by atoms with Gasteiger partial charge < -0.3 is 4.74 Å². The van der Waals surface area contributed by atoms with E-state index in [0.29, 0.717) is 5.88 Å². The molecule has 2 nitrogen and oxygen atoms in total. The highest BCUT2D eigenvalue weighted by Crippen LogP contribution is 2.11. The van der Waals surface area contributed by atoms with E-state index in [-0.39, 0.29) is 0 Å². The molecule has 0 spiro atoms. The average molecular weight is 151 g/mol. The molecule has 1 aromatic rings. The summed E-state index contributed by atoms with van der Waals surface area (Å²) in [6.45, 7) is 4.09. The second kappa shape index (κ2) is 3.37. The van der Waals surface area contributed by atoms with E-state index in [2.05, 4.69) is 18.0 Å². The summed E-state index contributed by atoms with van der Waals surface area (Å²) in [5, 5.41) is 0. The summed E-state index contributed by atoms with van der Waals surface area (Å²) in [6.07, 6.45) is 1.03. The highest BCUT2D eigenvalue weighted by atomic mass is 16.5. The molecule has 0 aromatic carbocycles. The van der Waals surface area contributed by atoms with Crippen molar-refractivity contribution in [1.29, 1.82) is 0 Å². The van der Waals surface area contributed by atoms with Crippen LogP contribution in [0.4, 0.5) is 0 Å². The molecule has 60 valence electrons. The molecule has 0 bridgehead atoms. The zero-order valence-electron chi connectivity index (χ0n) is 7.22. The van der Waals surface area contributed by atoms with Crippen molar-refractivity contribution in [3.63, 3.8) is 0 Å². The lowest BCUT2D eigenvalue weighted by molar-refractivity contribution is 0.396. The van der Waals surface area contributed by atoms with Crippen molar-refractivity contribution in [1.82, 2.24) is 4.98 Å². The zero-order chi connectivity index (χ0) is 8.27. The minimum Gasteiger partial charge on any atom is -0.481 e. The minimum absolute atomic E-state index is 0.710. The fraction of sp³-hybridized carbons (Fsp3) is 0.444. The molecule has 1 aromatic heterocycles. The highest BCUT2D eigenvalue weighted by Gasteiger charge is 1.96. The largest absolute Gasteiger partial charge is 0.481 e. The lowest BCUT2D eigenvalue weighted by atomic mass is 10.2. The first kappa shape index (κ1) is 8.05. The van der Waals surface area contributed by atoms with Gasteiger partial charge in [-0.15, -0.1) is 0 Å². The third-order valence-corrected chi connectivity index (χ3v) is 1.61. The molecular weight excluding hydrogens is 138 g/mol. The zero-order valence-corrected chi connectivity index (χ0v) is 7.22. The van der Waals surface area contributed by atoms with Gasteiger partial charge in [0.05, 0.1) is 7.11 Å². The molecule has 0 unspecified atom stereocenters. The highest BCUT2D eigenvalue weighted by molar-refractivity contribution is 5.24. The van der Waals surface area contributed by atoms with Crippen LogP contribution in [0.3, 0.4) is 0 Å². The summed E-state index contributed by atoms with van der Waals surface area (Å²) in [5.74, 6) is 0.710. The Hall–Kier alpha value is -1.05. The Bertz CT molecular complexity index is 223. The van der Waals surface area contributed by atoms with Crippen LogP contribution < -0.4 is 4.74 Å². The smallest absolute Gasteiger partial charge is 0.213 e. The van der Waals surface area contributed by atoms with Crippen LogP contribution in [0.15, 0.2) is 12.1 Å². The number of methoxy groups -OCH3 is 1. The summed E-state index contributed by atoms with van der Waals surface area (Å²) in [7, 11) is 1.64. The Morgan fingerprint density at radius 1 is 1.45 bits per heavy atom. The van der Waals surface area contributed by atoms with E-state index in [1.165, 1.54) is 5.56 Å². The van der Waals surface area contributed by atoms with Crippen molar-refractivity contribution in [2.75, 3.05) is 7.11 Å². The van der Waals surface area contributed by atoms with Crippen molar-refractivity contribution < 1.29 is 4.74 Å². The van der Waals surface area contributed by atoms with Crippen molar-refractivity contribution in [3.8, 4) is 5.88 Å². The lowest BCUT2D eigenvalue weighted by Gasteiger charge is -2.02. The monoisotopic (exact) mass is 151 g/mol. The van der Waals surface area contributed by atoms with Crippen LogP contribution in [0.1, 0.15) is 18.2 Å². The van der Waals surface area contributed by atoms with E-state index in [0.717, 1.165) is 12.1 Å². The summed E-state index contributed by atoms with van der Waals surface area (Å²) >= 11 is 0. The second-order valence-corrected chi connectivity index (χ2v) is 2.51. The number of ether oxygens (including phenoxy) is 1. The Kier molecular flexibility index (Phi) is 2.47. The van der Waals surface area contributed by atoms with Gasteiger partial charge in [-0.3, -0.25) is 0 Å². The van der Waals surface area contributed by atoms with Crippen LogP contribution >= 0.6 is 0 Å². The van der Waals surface area contributed by atoms with Crippen LogP contribution in [0, 0.1) is 6.92 Å². The molecule has 0 saturated carbocycles. The predicted molar refractivity (Wildman–Crippen MR) is 44.9 cm³/mol. The average Bonchev–Trinajstić information content (AvgIpc) is 2.03. The Labute approximate surface area is 67.2 Å². The maximum atomic E-state index is 5.03. The molecule has 0 radical (unpaired) electrons. The molecule has 0 aliphatic rings.